The molecule has 0 aliphatic heterocycles. The quantitative estimate of drug-likeness (QED) is 0.787. The molecule has 1 aromatic carbocycles. The monoisotopic (exact) mass is 236 g/mol. The molecule has 0 aromatic heterocycles. The van der Waals surface area contributed by atoms with Crippen LogP contribution in [0.15, 0.2) is 24.3 Å². The van der Waals surface area contributed by atoms with Gasteiger partial charge in [-0.2, -0.15) is 0 Å². The van der Waals surface area contributed by atoms with Crippen LogP contribution in [0.1, 0.15) is 32.3 Å². The standard InChI is InChI=1S/C15H24O2/c1-4-6-12(2)14(11-16)9-13-7-5-8-15(10-13)17-3/h5,7-8,10,12,14,16H,4,6,9,11H2,1-3H3. The average molecular weight is 236 g/mol. The van der Waals surface area contributed by atoms with Crippen molar-refractivity contribution in [3.63, 3.8) is 0 Å². The summed E-state index contributed by atoms with van der Waals surface area (Å²) in [5, 5.41) is 9.48. The zero-order valence-electron chi connectivity index (χ0n) is 11.1. The first-order chi connectivity index (χ1) is 8.21. The van der Waals surface area contributed by atoms with Gasteiger partial charge in [-0.1, -0.05) is 38.8 Å². The fraction of sp³-hybridized carbons (Fsp3) is 0.600. The fourth-order valence-electron chi connectivity index (χ4n) is 2.24. The Kier molecular flexibility index (Phi) is 6.06. The van der Waals surface area contributed by atoms with E-state index in [0.717, 1.165) is 12.2 Å². The first-order valence-electron chi connectivity index (χ1n) is 6.45. The van der Waals surface area contributed by atoms with Gasteiger partial charge in [0.25, 0.3) is 0 Å². The van der Waals surface area contributed by atoms with E-state index in [0.29, 0.717) is 11.8 Å². The summed E-state index contributed by atoms with van der Waals surface area (Å²) in [5.41, 5.74) is 1.24. The molecular formula is C15H24O2. The van der Waals surface area contributed by atoms with Gasteiger partial charge in [-0.05, 0) is 36.0 Å². The Morgan fingerprint density at radius 2 is 2.12 bits per heavy atom. The van der Waals surface area contributed by atoms with Gasteiger partial charge in [-0.25, -0.2) is 0 Å². The van der Waals surface area contributed by atoms with Crippen LogP contribution in [-0.2, 0) is 6.42 Å². The van der Waals surface area contributed by atoms with E-state index in [1.807, 2.05) is 12.1 Å². The van der Waals surface area contributed by atoms with Crippen LogP contribution in [0.2, 0.25) is 0 Å². The predicted molar refractivity (Wildman–Crippen MR) is 71.3 cm³/mol. The molecule has 0 saturated heterocycles. The van der Waals surface area contributed by atoms with Crippen molar-refractivity contribution in [2.45, 2.75) is 33.1 Å². The average Bonchev–Trinajstić information content (AvgIpc) is 2.36. The molecule has 0 fully saturated rings. The maximum atomic E-state index is 9.48. The maximum absolute atomic E-state index is 9.48. The number of rotatable bonds is 7. The second-order valence-electron chi connectivity index (χ2n) is 4.76. The second-order valence-corrected chi connectivity index (χ2v) is 4.76. The molecule has 1 rings (SSSR count). The summed E-state index contributed by atoms with van der Waals surface area (Å²) in [6.45, 7) is 4.68. The van der Waals surface area contributed by atoms with Crippen LogP contribution >= 0.6 is 0 Å². The van der Waals surface area contributed by atoms with E-state index in [1.165, 1.54) is 18.4 Å². The molecule has 17 heavy (non-hydrogen) atoms. The molecule has 1 N–H and O–H groups in total. The van der Waals surface area contributed by atoms with Crippen molar-refractivity contribution in [2.24, 2.45) is 11.8 Å². The molecule has 0 bridgehead atoms. The summed E-state index contributed by atoms with van der Waals surface area (Å²) in [6, 6.07) is 8.12. The van der Waals surface area contributed by atoms with E-state index >= 15 is 0 Å². The molecular weight excluding hydrogens is 212 g/mol. The first-order valence-corrected chi connectivity index (χ1v) is 6.45. The van der Waals surface area contributed by atoms with E-state index < -0.39 is 0 Å². The summed E-state index contributed by atoms with van der Waals surface area (Å²) in [5.74, 6) is 1.81. The topological polar surface area (TPSA) is 29.5 Å². The molecule has 0 amide bonds. The number of benzene rings is 1. The molecule has 2 heteroatoms. The van der Waals surface area contributed by atoms with E-state index in [4.69, 9.17) is 4.74 Å². The summed E-state index contributed by atoms with van der Waals surface area (Å²) >= 11 is 0. The van der Waals surface area contributed by atoms with E-state index in [-0.39, 0.29) is 6.61 Å². The van der Waals surface area contributed by atoms with Crippen molar-refractivity contribution < 1.29 is 9.84 Å². The third-order valence-corrected chi connectivity index (χ3v) is 3.42. The molecule has 2 nitrogen and oxygen atoms in total. The van der Waals surface area contributed by atoms with Crippen LogP contribution in [0.3, 0.4) is 0 Å². The van der Waals surface area contributed by atoms with Crippen LogP contribution in [0, 0.1) is 11.8 Å². The SMILES string of the molecule is CCCC(C)C(CO)Cc1cccc(OC)c1. The zero-order valence-corrected chi connectivity index (χ0v) is 11.1. The normalized spacial score (nSPS) is 14.4. The third-order valence-electron chi connectivity index (χ3n) is 3.42. The number of methoxy groups -OCH3 is 1. The largest absolute Gasteiger partial charge is 0.497 e. The van der Waals surface area contributed by atoms with Crippen molar-refractivity contribution in [1.82, 2.24) is 0 Å². The maximum Gasteiger partial charge on any atom is 0.119 e. The van der Waals surface area contributed by atoms with Gasteiger partial charge in [0.1, 0.15) is 5.75 Å². The lowest BCUT2D eigenvalue weighted by atomic mass is 9.86. The van der Waals surface area contributed by atoms with E-state index in [1.54, 1.807) is 7.11 Å². The number of ether oxygens (including phenoxy) is 1. The number of hydrogen-bond donors (Lipinski definition) is 1. The molecule has 0 spiro atoms. The minimum absolute atomic E-state index is 0.262. The smallest absolute Gasteiger partial charge is 0.119 e. The molecule has 2 unspecified atom stereocenters. The molecule has 1 aromatic rings. The van der Waals surface area contributed by atoms with E-state index in [2.05, 4.69) is 26.0 Å². The zero-order chi connectivity index (χ0) is 12.7. The minimum atomic E-state index is 0.262. The molecule has 96 valence electrons. The molecule has 0 aliphatic carbocycles. The van der Waals surface area contributed by atoms with Crippen molar-refractivity contribution >= 4 is 0 Å². The third kappa shape index (κ3) is 4.39. The highest BCUT2D eigenvalue weighted by atomic mass is 16.5. The lowest BCUT2D eigenvalue weighted by molar-refractivity contribution is 0.176. The Morgan fingerprint density at radius 1 is 1.35 bits per heavy atom. The summed E-state index contributed by atoms with van der Waals surface area (Å²) in [4.78, 5) is 0. The van der Waals surface area contributed by atoms with Crippen molar-refractivity contribution in [3.8, 4) is 5.75 Å². The summed E-state index contributed by atoms with van der Waals surface area (Å²) in [6.07, 6.45) is 3.28. The van der Waals surface area contributed by atoms with Crippen LogP contribution in [0.25, 0.3) is 0 Å². The van der Waals surface area contributed by atoms with Gasteiger partial charge in [-0.15, -0.1) is 0 Å². The highest BCUT2D eigenvalue weighted by molar-refractivity contribution is 5.28. The Labute approximate surface area is 105 Å². The molecule has 0 heterocycles. The molecule has 0 saturated carbocycles. The minimum Gasteiger partial charge on any atom is -0.497 e. The number of aliphatic hydroxyl groups excluding tert-OH is 1. The number of aliphatic hydroxyl groups is 1. The summed E-state index contributed by atoms with van der Waals surface area (Å²) < 4.78 is 5.22. The Balaban J connectivity index is 2.66. The molecule has 0 aliphatic rings. The molecule has 0 radical (unpaired) electrons. The van der Waals surface area contributed by atoms with Gasteiger partial charge in [0.05, 0.1) is 7.11 Å². The van der Waals surface area contributed by atoms with Crippen LogP contribution in [0.4, 0.5) is 0 Å². The van der Waals surface area contributed by atoms with E-state index in [9.17, 15) is 5.11 Å². The second kappa shape index (κ2) is 7.33. The first kappa shape index (κ1) is 14.0. The fourth-order valence-corrected chi connectivity index (χ4v) is 2.24. The Hall–Kier alpha value is -1.02. The van der Waals surface area contributed by atoms with Crippen LogP contribution in [0.5, 0.6) is 5.75 Å². The highest BCUT2D eigenvalue weighted by Crippen LogP contribution is 2.23. The Bertz CT molecular complexity index is 322. The predicted octanol–water partition coefficient (Wildman–Crippen LogP) is 3.28. The van der Waals surface area contributed by atoms with Crippen molar-refractivity contribution in [3.05, 3.63) is 29.8 Å². The van der Waals surface area contributed by atoms with Gasteiger partial charge in [0.15, 0.2) is 0 Å². The lowest BCUT2D eigenvalue weighted by Crippen LogP contribution is -2.18. The van der Waals surface area contributed by atoms with Gasteiger partial charge in [0, 0.05) is 6.61 Å². The van der Waals surface area contributed by atoms with Gasteiger partial charge in [0.2, 0.25) is 0 Å². The lowest BCUT2D eigenvalue weighted by Gasteiger charge is -2.21. The van der Waals surface area contributed by atoms with Crippen molar-refractivity contribution in [1.29, 1.82) is 0 Å². The number of hydrogen-bond acceptors (Lipinski definition) is 2. The van der Waals surface area contributed by atoms with Gasteiger partial charge >= 0.3 is 0 Å². The van der Waals surface area contributed by atoms with Gasteiger partial charge < -0.3 is 9.84 Å². The molecule has 2 atom stereocenters. The van der Waals surface area contributed by atoms with Crippen LogP contribution in [-0.4, -0.2) is 18.8 Å². The van der Waals surface area contributed by atoms with Crippen molar-refractivity contribution in [2.75, 3.05) is 13.7 Å². The Morgan fingerprint density at radius 3 is 2.71 bits per heavy atom. The van der Waals surface area contributed by atoms with Crippen LogP contribution < -0.4 is 4.74 Å². The highest BCUT2D eigenvalue weighted by Gasteiger charge is 2.16. The van der Waals surface area contributed by atoms with Gasteiger partial charge in [-0.3, -0.25) is 0 Å². The summed E-state index contributed by atoms with van der Waals surface area (Å²) in [7, 11) is 1.68.